The van der Waals surface area contributed by atoms with Gasteiger partial charge in [-0.3, -0.25) is 9.78 Å². The first-order valence-corrected chi connectivity index (χ1v) is 8.81. The van der Waals surface area contributed by atoms with Gasteiger partial charge in [0.15, 0.2) is 0 Å². The molecular weight excluding hydrogens is 399 g/mol. The van der Waals surface area contributed by atoms with E-state index in [1.807, 2.05) is 0 Å². The molecule has 1 aromatic heterocycles. The summed E-state index contributed by atoms with van der Waals surface area (Å²) in [6, 6.07) is 12.9. The number of hydrogen-bond acceptors (Lipinski definition) is 4. The summed E-state index contributed by atoms with van der Waals surface area (Å²) in [5, 5.41) is 7.76. The van der Waals surface area contributed by atoms with Crippen LogP contribution in [-0.4, -0.2) is 24.0 Å². The van der Waals surface area contributed by atoms with Crippen LogP contribution in [0.2, 0.25) is 5.02 Å². The second kappa shape index (κ2) is 9.03. The number of benzene rings is 2. The highest BCUT2D eigenvalue weighted by atomic mass is 35.5. The van der Waals surface area contributed by atoms with Gasteiger partial charge in [0, 0.05) is 30.0 Å². The molecule has 3 rings (SSSR count). The number of amides is 3. The summed E-state index contributed by atoms with van der Waals surface area (Å²) in [4.78, 5) is 27.6. The van der Waals surface area contributed by atoms with Gasteiger partial charge in [-0.2, -0.15) is 0 Å². The van der Waals surface area contributed by atoms with Gasteiger partial charge in [0.1, 0.15) is 23.0 Å². The van der Waals surface area contributed by atoms with Crippen LogP contribution in [0, 0.1) is 5.82 Å². The highest BCUT2D eigenvalue weighted by Crippen LogP contribution is 2.24. The lowest BCUT2D eigenvalue weighted by Crippen LogP contribution is -2.20. The Morgan fingerprint density at radius 3 is 2.48 bits per heavy atom. The van der Waals surface area contributed by atoms with Gasteiger partial charge in [-0.25, -0.2) is 9.18 Å². The molecule has 0 spiro atoms. The number of carbonyl (C=O) groups is 2. The summed E-state index contributed by atoms with van der Waals surface area (Å²) in [6.45, 7) is 0. The molecule has 1 heterocycles. The fraction of sp³-hybridized carbons (Fsp3) is 0.0500. The number of ether oxygens (including phenoxy) is 1. The van der Waals surface area contributed by atoms with E-state index in [1.165, 1.54) is 37.5 Å². The lowest BCUT2D eigenvalue weighted by atomic mass is 10.3. The van der Waals surface area contributed by atoms with Crippen LogP contribution >= 0.6 is 11.6 Å². The van der Waals surface area contributed by atoms with E-state index in [0.717, 1.165) is 0 Å². The van der Waals surface area contributed by atoms with Gasteiger partial charge < -0.3 is 20.7 Å². The molecule has 0 saturated heterocycles. The smallest absolute Gasteiger partial charge is 0.323 e. The Morgan fingerprint density at radius 2 is 1.76 bits per heavy atom. The number of aromatic nitrogens is 1. The molecule has 0 atom stereocenters. The zero-order valence-electron chi connectivity index (χ0n) is 15.2. The summed E-state index contributed by atoms with van der Waals surface area (Å²) in [5.41, 5.74) is 0.672. The van der Waals surface area contributed by atoms with Crippen LogP contribution in [-0.2, 0) is 0 Å². The van der Waals surface area contributed by atoms with Gasteiger partial charge in [0.2, 0.25) is 0 Å². The molecule has 3 N–H and O–H groups in total. The molecule has 3 aromatic rings. The Balaban J connectivity index is 1.62. The maximum absolute atomic E-state index is 13.7. The Hall–Kier alpha value is -3.65. The van der Waals surface area contributed by atoms with E-state index in [2.05, 4.69) is 20.9 Å². The topological polar surface area (TPSA) is 92.4 Å². The predicted octanol–water partition coefficient (Wildman–Crippen LogP) is 4.67. The van der Waals surface area contributed by atoms with Crippen LogP contribution in [0.1, 0.15) is 10.5 Å². The Labute approximate surface area is 170 Å². The Kier molecular flexibility index (Phi) is 6.25. The molecule has 0 unspecified atom stereocenters. The van der Waals surface area contributed by atoms with E-state index in [9.17, 15) is 14.0 Å². The molecule has 0 saturated carbocycles. The summed E-state index contributed by atoms with van der Waals surface area (Å²) in [7, 11) is 1.51. The molecule has 2 aromatic carbocycles. The Morgan fingerprint density at radius 1 is 1.00 bits per heavy atom. The van der Waals surface area contributed by atoms with Crippen molar-refractivity contribution in [3.8, 4) is 11.5 Å². The Bertz CT molecular complexity index is 1040. The largest absolute Gasteiger partial charge is 0.457 e. The number of nitrogens with one attached hydrogen (secondary N) is 3. The van der Waals surface area contributed by atoms with Crippen molar-refractivity contribution in [3.63, 3.8) is 0 Å². The maximum Gasteiger partial charge on any atom is 0.323 e. The monoisotopic (exact) mass is 414 g/mol. The lowest BCUT2D eigenvalue weighted by molar-refractivity contribution is 0.0958. The van der Waals surface area contributed by atoms with Crippen molar-refractivity contribution in [2.24, 2.45) is 0 Å². The fourth-order valence-electron chi connectivity index (χ4n) is 2.35. The third-order valence-corrected chi connectivity index (χ3v) is 3.95. The van der Waals surface area contributed by atoms with Gasteiger partial charge in [-0.15, -0.1) is 0 Å². The van der Waals surface area contributed by atoms with Gasteiger partial charge in [0.25, 0.3) is 5.91 Å². The SMILES string of the molecule is CNC(=O)c1cc(Oc2ccc(NC(=O)Nc3cc(Cl)ccc3F)cc2)ccn1. The van der Waals surface area contributed by atoms with Crippen LogP contribution in [0.15, 0.2) is 60.8 Å². The van der Waals surface area contributed by atoms with E-state index in [0.29, 0.717) is 22.2 Å². The predicted molar refractivity (Wildman–Crippen MR) is 108 cm³/mol. The molecule has 29 heavy (non-hydrogen) atoms. The van der Waals surface area contributed by atoms with E-state index >= 15 is 0 Å². The first-order chi connectivity index (χ1) is 13.9. The number of rotatable bonds is 5. The first kappa shape index (κ1) is 20.1. The molecule has 7 nitrogen and oxygen atoms in total. The number of urea groups is 1. The number of halogens is 2. The highest BCUT2D eigenvalue weighted by molar-refractivity contribution is 6.30. The summed E-state index contributed by atoms with van der Waals surface area (Å²) >= 11 is 5.80. The molecule has 0 aliphatic heterocycles. The molecule has 3 amide bonds. The molecule has 0 radical (unpaired) electrons. The second-order valence-corrected chi connectivity index (χ2v) is 6.22. The molecule has 9 heteroatoms. The lowest BCUT2D eigenvalue weighted by Gasteiger charge is -2.10. The van der Waals surface area contributed by atoms with Crippen molar-refractivity contribution in [2.75, 3.05) is 17.7 Å². The van der Waals surface area contributed by atoms with E-state index in [-0.39, 0.29) is 17.3 Å². The fourth-order valence-corrected chi connectivity index (χ4v) is 2.52. The number of nitrogens with zero attached hydrogens (tertiary/aromatic N) is 1. The summed E-state index contributed by atoms with van der Waals surface area (Å²) < 4.78 is 19.4. The third-order valence-electron chi connectivity index (χ3n) is 3.72. The normalized spacial score (nSPS) is 10.2. The van der Waals surface area contributed by atoms with Gasteiger partial charge in [-0.05, 0) is 48.5 Å². The standard InChI is InChI=1S/C20H16ClFN4O3/c1-23-19(27)18-11-15(8-9-24-18)29-14-5-3-13(4-6-14)25-20(28)26-17-10-12(21)2-7-16(17)22/h2-11H,1H3,(H,23,27)(H2,25,26,28). The number of anilines is 2. The molecule has 148 valence electrons. The van der Waals surface area contributed by atoms with Crippen LogP contribution < -0.4 is 20.7 Å². The average Bonchev–Trinajstić information content (AvgIpc) is 2.72. The van der Waals surface area contributed by atoms with Gasteiger partial charge in [-0.1, -0.05) is 11.6 Å². The molecule has 0 fully saturated rings. The summed E-state index contributed by atoms with van der Waals surface area (Å²) in [5.74, 6) is 0.0123. The van der Waals surface area contributed by atoms with E-state index in [4.69, 9.17) is 16.3 Å². The molecule has 0 bridgehead atoms. The number of hydrogen-bond donors (Lipinski definition) is 3. The van der Waals surface area contributed by atoms with Crippen LogP contribution in [0.3, 0.4) is 0 Å². The van der Waals surface area contributed by atoms with Crippen molar-refractivity contribution >= 4 is 34.9 Å². The van der Waals surface area contributed by atoms with E-state index in [1.54, 1.807) is 30.3 Å². The van der Waals surface area contributed by atoms with Crippen molar-refractivity contribution < 1.29 is 18.7 Å². The van der Waals surface area contributed by atoms with Crippen molar-refractivity contribution in [1.82, 2.24) is 10.3 Å². The van der Waals surface area contributed by atoms with E-state index < -0.39 is 11.8 Å². The maximum atomic E-state index is 13.7. The van der Waals surface area contributed by atoms with Crippen LogP contribution in [0.25, 0.3) is 0 Å². The van der Waals surface area contributed by atoms with Crippen molar-refractivity contribution in [3.05, 3.63) is 77.3 Å². The second-order valence-electron chi connectivity index (χ2n) is 5.79. The minimum atomic E-state index is -0.621. The third kappa shape index (κ3) is 5.43. The first-order valence-electron chi connectivity index (χ1n) is 8.44. The van der Waals surface area contributed by atoms with Crippen LogP contribution in [0.5, 0.6) is 11.5 Å². The zero-order valence-corrected chi connectivity index (χ0v) is 16.0. The minimum Gasteiger partial charge on any atom is -0.457 e. The van der Waals surface area contributed by atoms with Crippen molar-refractivity contribution in [2.45, 2.75) is 0 Å². The quantitative estimate of drug-likeness (QED) is 0.565. The molecule has 0 aliphatic carbocycles. The minimum absolute atomic E-state index is 0.0282. The van der Waals surface area contributed by atoms with Crippen LogP contribution in [0.4, 0.5) is 20.6 Å². The van der Waals surface area contributed by atoms with Gasteiger partial charge in [0.05, 0.1) is 5.69 Å². The molecular formula is C20H16ClFN4O3. The zero-order chi connectivity index (χ0) is 20.8. The highest BCUT2D eigenvalue weighted by Gasteiger charge is 2.09. The van der Waals surface area contributed by atoms with Gasteiger partial charge >= 0.3 is 6.03 Å². The number of pyridine rings is 1. The summed E-state index contributed by atoms with van der Waals surface area (Å²) in [6.07, 6.45) is 1.47. The average molecular weight is 415 g/mol. The number of carbonyl (C=O) groups excluding carboxylic acids is 2. The van der Waals surface area contributed by atoms with Crippen molar-refractivity contribution in [1.29, 1.82) is 0 Å². The molecule has 0 aliphatic rings.